The van der Waals surface area contributed by atoms with Crippen molar-refractivity contribution < 1.29 is 9.72 Å². The fraction of sp³-hybridized carbons (Fsp3) is 0.500. The highest BCUT2D eigenvalue weighted by Gasteiger charge is 2.26. The monoisotopic (exact) mass is 279 g/mol. The van der Waals surface area contributed by atoms with Crippen LogP contribution in [0.2, 0.25) is 0 Å². The van der Waals surface area contributed by atoms with Crippen LogP contribution in [0.15, 0.2) is 18.2 Å². The van der Waals surface area contributed by atoms with Crippen LogP contribution < -0.4 is 5.32 Å². The van der Waals surface area contributed by atoms with Gasteiger partial charge in [-0.05, 0) is 18.1 Å². The van der Waals surface area contributed by atoms with Gasteiger partial charge in [0.15, 0.2) is 0 Å². The molecule has 1 amide bonds. The van der Waals surface area contributed by atoms with Crippen LogP contribution in [0.25, 0.3) is 0 Å². The summed E-state index contributed by atoms with van der Waals surface area (Å²) in [6.45, 7) is 4.67. The largest absolute Gasteiger partial charge is 0.383 e. The minimum Gasteiger partial charge on any atom is -0.383 e. The fourth-order valence-electron chi connectivity index (χ4n) is 2.00. The first-order chi connectivity index (χ1) is 9.42. The average Bonchev–Trinajstić information content (AvgIpc) is 2.44. The predicted octanol–water partition coefficient (Wildman–Crippen LogP) is 2.75. The van der Waals surface area contributed by atoms with Crippen LogP contribution in [-0.2, 0) is 0 Å². The van der Waals surface area contributed by atoms with Gasteiger partial charge in [-0.25, -0.2) is 0 Å². The molecule has 0 aromatic heterocycles. The van der Waals surface area contributed by atoms with Gasteiger partial charge in [-0.1, -0.05) is 26.3 Å². The number of hydrogen-bond acceptors (Lipinski definition) is 4. The number of para-hydroxylation sites is 1. The van der Waals surface area contributed by atoms with E-state index in [1.165, 1.54) is 11.0 Å². The molecule has 1 N–H and O–H groups in total. The van der Waals surface area contributed by atoms with Crippen molar-refractivity contribution in [2.24, 2.45) is 5.92 Å². The highest BCUT2D eigenvalue weighted by atomic mass is 16.6. The smallest absolute Gasteiger partial charge is 0.305 e. The Kier molecular flexibility index (Phi) is 5.49. The van der Waals surface area contributed by atoms with E-state index < -0.39 is 4.92 Å². The highest BCUT2D eigenvalue weighted by Crippen LogP contribution is 2.29. The Morgan fingerprint density at radius 3 is 2.65 bits per heavy atom. The van der Waals surface area contributed by atoms with Gasteiger partial charge in [-0.15, -0.1) is 0 Å². The molecule has 1 unspecified atom stereocenters. The molecule has 0 heterocycles. The number of carbonyl (C=O) groups excluding carboxylic acids is 1. The van der Waals surface area contributed by atoms with Crippen molar-refractivity contribution in [3.8, 4) is 0 Å². The summed E-state index contributed by atoms with van der Waals surface area (Å²) >= 11 is 0. The first-order valence-corrected chi connectivity index (χ1v) is 6.62. The number of rotatable bonds is 6. The predicted molar refractivity (Wildman–Crippen MR) is 79.1 cm³/mol. The molecule has 0 saturated heterocycles. The molecule has 1 aromatic rings. The Morgan fingerprint density at radius 2 is 2.15 bits per heavy atom. The summed E-state index contributed by atoms with van der Waals surface area (Å²) in [6, 6.07) is 4.72. The molecule has 20 heavy (non-hydrogen) atoms. The zero-order valence-electron chi connectivity index (χ0n) is 12.3. The molecule has 6 nitrogen and oxygen atoms in total. The molecule has 0 fully saturated rings. The maximum absolute atomic E-state index is 12.4. The normalized spacial score (nSPS) is 11.8. The number of nitrogens with one attached hydrogen (secondary N) is 1. The van der Waals surface area contributed by atoms with Gasteiger partial charge < -0.3 is 10.2 Å². The Labute approximate surface area is 118 Å². The lowest BCUT2D eigenvalue weighted by Gasteiger charge is -2.21. The second kappa shape index (κ2) is 6.88. The molecule has 0 saturated carbocycles. The summed E-state index contributed by atoms with van der Waals surface area (Å²) in [6.07, 6.45) is 0.955. The Morgan fingerprint density at radius 1 is 1.50 bits per heavy atom. The van der Waals surface area contributed by atoms with E-state index >= 15 is 0 Å². The molecule has 0 aliphatic carbocycles. The van der Waals surface area contributed by atoms with Gasteiger partial charge in [0.25, 0.3) is 5.91 Å². The van der Waals surface area contributed by atoms with E-state index in [1.54, 1.807) is 26.2 Å². The van der Waals surface area contributed by atoms with Gasteiger partial charge in [0.2, 0.25) is 0 Å². The average molecular weight is 279 g/mol. The third-order valence-corrected chi connectivity index (χ3v) is 3.35. The van der Waals surface area contributed by atoms with E-state index in [9.17, 15) is 14.9 Å². The summed E-state index contributed by atoms with van der Waals surface area (Å²) in [5.41, 5.74) is 0.293. The van der Waals surface area contributed by atoms with E-state index in [0.29, 0.717) is 18.2 Å². The lowest BCUT2D eigenvalue weighted by Crippen LogP contribution is -2.31. The number of nitro benzene ring substituents is 1. The van der Waals surface area contributed by atoms with Crippen LogP contribution in [0.4, 0.5) is 11.4 Å². The number of benzene rings is 1. The molecule has 0 bridgehead atoms. The minimum absolute atomic E-state index is 0.118. The number of amides is 1. The molecule has 110 valence electrons. The first-order valence-electron chi connectivity index (χ1n) is 6.62. The molecule has 0 aliphatic rings. The van der Waals surface area contributed by atoms with Gasteiger partial charge in [-0.2, -0.15) is 0 Å². The van der Waals surface area contributed by atoms with E-state index in [2.05, 4.69) is 5.32 Å². The minimum atomic E-state index is -0.518. The second-order valence-corrected chi connectivity index (χ2v) is 4.91. The van der Waals surface area contributed by atoms with Crippen molar-refractivity contribution >= 4 is 17.3 Å². The summed E-state index contributed by atoms with van der Waals surface area (Å²) in [5.74, 6) is 0.0320. The Balaban J connectivity index is 3.12. The molecule has 0 radical (unpaired) electrons. The second-order valence-electron chi connectivity index (χ2n) is 4.91. The molecule has 1 rings (SSSR count). The number of nitrogens with zero attached hydrogens (tertiary/aromatic N) is 2. The molecule has 6 heteroatoms. The zero-order valence-corrected chi connectivity index (χ0v) is 12.3. The van der Waals surface area contributed by atoms with Crippen molar-refractivity contribution in [2.75, 3.05) is 26.0 Å². The molecular formula is C14H21N3O3. The maximum Gasteiger partial charge on any atom is 0.305 e. The zero-order chi connectivity index (χ0) is 15.3. The van der Waals surface area contributed by atoms with Gasteiger partial charge in [0.05, 0.1) is 4.92 Å². The van der Waals surface area contributed by atoms with Crippen LogP contribution in [0.3, 0.4) is 0 Å². The number of nitro groups is 1. The molecule has 1 aromatic carbocycles. The number of hydrogen-bond donors (Lipinski definition) is 1. The third kappa shape index (κ3) is 3.46. The van der Waals surface area contributed by atoms with Crippen molar-refractivity contribution in [3.05, 3.63) is 33.9 Å². The molecular weight excluding hydrogens is 258 g/mol. The number of carbonyl (C=O) groups is 1. The van der Waals surface area contributed by atoms with Crippen molar-refractivity contribution in [1.29, 1.82) is 0 Å². The standard InChI is InChI=1S/C14H21N3O3/c1-5-10(2)9-16(4)14(18)11-7-6-8-12(15-3)13(11)17(19)20/h6-8,10,15H,5,9H2,1-4H3. The van der Waals surface area contributed by atoms with Gasteiger partial charge >= 0.3 is 5.69 Å². The van der Waals surface area contributed by atoms with Gasteiger partial charge in [0.1, 0.15) is 11.3 Å². The quantitative estimate of drug-likeness (QED) is 0.641. The van der Waals surface area contributed by atoms with Crippen molar-refractivity contribution in [1.82, 2.24) is 4.90 Å². The van der Waals surface area contributed by atoms with Crippen LogP contribution >= 0.6 is 0 Å². The molecule has 0 spiro atoms. The summed E-state index contributed by atoms with van der Waals surface area (Å²) < 4.78 is 0. The summed E-state index contributed by atoms with van der Waals surface area (Å²) in [4.78, 5) is 24.6. The van der Waals surface area contributed by atoms with Crippen molar-refractivity contribution in [3.63, 3.8) is 0 Å². The first kappa shape index (κ1) is 15.9. The third-order valence-electron chi connectivity index (χ3n) is 3.35. The topological polar surface area (TPSA) is 75.5 Å². The van der Waals surface area contributed by atoms with Crippen LogP contribution in [-0.4, -0.2) is 36.4 Å². The van der Waals surface area contributed by atoms with E-state index in [4.69, 9.17) is 0 Å². The van der Waals surface area contributed by atoms with Gasteiger partial charge in [-0.3, -0.25) is 14.9 Å². The lowest BCUT2D eigenvalue weighted by atomic mass is 10.1. The van der Waals surface area contributed by atoms with Crippen molar-refractivity contribution in [2.45, 2.75) is 20.3 Å². The summed E-state index contributed by atoms with van der Waals surface area (Å²) in [5, 5.41) is 14.0. The Hall–Kier alpha value is -2.11. The summed E-state index contributed by atoms with van der Waals surface area (Å²) in [7, 11) is 3.27. The number of anilines is 1. The van der Waals surface area contributed by atoms with E-state index in [1.807, 2.05) is 13.8 Å². The SMILES string of the molecule is CCC(C)CN(C)C(=O)c1cccc(NC)c1[N+](=O)[O-]. The van der Waals surface area contributed by atoms with Crippen LogP contribution in [0, 0.1) is 16.0 Å². The van der Waals surface area contributed by atoms with Gasteiger partial charge in [0, 0.05) is 20.6 Å². The van der Waals surface area contributed by atoms with Crippen LogP contribution in [0.1, 0.15) is 30.6 Å². The fourth-order valence-corrected chi connectivity index (χ4v) is 2.00. The lowest BCUT2D eigenvalue weighted by molar-refractivity contribution is -0.384. The van der Waals surface area contributed by atoms with E-state index in [0.717, 1.165) is 6.42 Å². The molecule has 1 atom stereocenters. The Bertz CT molecular complexity index is 502. The van der Waals surface area contributed by atoms with Crippen LogP contribution in [0.5, 0.6) is 0 Å². The molecule has 0 aliphatic heterocycles. The maximum atomic E-state index is 12.4. The highest BCUT2D eigenvalue weighted by molar-refractivity contribution is 6.00. The van der Waals surface area contributed by atoms with E-state index in [-0.39, 0.29) is 17.2 Å².